The summed E-state index contributed by atoms with van der Waals surface area (Å²) < 4.78 is 45.7. The number of aryl methyl sites for hydroxylation is 1. The average molecular weight is 441 g/mol. The van der Waals surface area contributed by atoms with Crippen molar-refractivity contribution in [3.8, 4) is 5.75 Å². The molecule has 9 heteroatoms. The molecule has 0 spiro atoms. The molecular formula is C20H22ClFN2O4S. The molecule has 2 aromatic carbocycles. The molecule has 1 unspecified atom stereocenters. The molecule has 0 radical (unpaired) electrons. The Morgan fingerprint density at radius 2 is 1.83 bits per heavy atom. The van der Waals surface area contributed by atoms with Crippen molar-refractivity contribution in [1.29, 1.82) is 0 Å². The summed E-state index contributed by atoms with van der Waals surface area (Å²) in [6.07, 6.45) is -0.763. The van der Waals surface area contributed by atoms with Crippen LogP contribution < -0.4 is 4.74 Å². The highest BCUT2D eigenvalue weighted by molar-refractivity contribution is 7.89. The van der Waals surface area contributed by atoms with E-state index in [1.165, 1.54) is 22.5 Å². The molecule has 1 aliphatic rings. The molecule has 0 saturated carbocycles. The van der Waals surface area contributed by atoms with Crippen LogP contribution in [-0.4, -0.2) is 55.8 Å². The first-order chi connectivity index (χ1) is 13.7. The van der Waals surface area contributed by atoms with Gasteiger partial charge in [-0.25, -0.2) is 12.8 Å². The van der Waals surface area contributed by atoms with Crippen LogP contribution in [0.2, 0.25) is 5.02 Å². The Morgan fingerprint density at radius 1 is 1.14 bits per heavy atom. The van der Waals surface area contributed by atoms with Crippen molar-refractivity contribution in [3.63, 3.8) is 0 Å². The van der Waals surface area contributed by atoms with Crippen LogP contribution in [0.3, 0.4) is 0 Å². The quantitative estimate of drug-likeness (QED) is 0.716. The highest BCUT2D eigenvalue weighted by atomic mass is 35.5. The molecule has 1 atom stereocenters. The molecule has 1 fully saturated rings. The molecule has 0 aromatic heterocycles. The second kappa shape index (κ2) is 8.69. The molecule has 3 rings (SSSR count). The fourth-order valence-corrected chi connectivity index (χ4v) is 4.74. The number of sulfonamides is 1. The van der Waals surface area contributed by atoms with Gasteiger partial charge >= 0.3 is 0 Å². The van der Waals surface area contributed by atoms with Gasteiger partial charge in [-0.05, 0) is 49.7 Å². The summed E-state index contributed by atoms with van der Waals surface area (Å²) in [5, 5.41) is 0.418. The topological polar surface area (TPSA) is 66.9 Å². The van der Waals surface area contributed by atoms with Gasteiger partial charge in [0.2, 0.25) is 10.0 Å². The van der Waals surface area contributed by atoms with Crippen molar-refractivity contribution in [2.24, 2.45) is 0 Å². The van der Waals surface area contributed by atoms with Gasteiger partial charge in [0.25, 0.3) is 5.91 Å². The van der Waals surface area contributed by atoms with E-state index in [-0.39, 0.29) is 37.0 Å². The number of ether oxygens (including phenoxy) is 1. The first-order valence-electron chi connectivity index (χ1n) is 9.16. The van der Waals surface area contributed by atoms with Crippen molar-refractivity contribution in [3.05, 3.63) is 58.9 Å². The number of hydrogen-bond acceptors (Lipinski definition) is 4. The maximum Gasteiger partial charge on any atom is 0.263 e. The van der Waals surface area contributed by atoms with Gasteiger partial charge in [0.1, 0.15) is 11.6 Å². The van der Waals surface area contributed by atoms with Crippen molar-refractivity contribution >= 4 is 27.5 Å². The number of hydrogen-bond donors (Lipinski definition) is 0. The van der Waals surface area contributed by atoms with E-state index in [0.29, 0.717) is 10.8 Å². The molecule has 0 N–H and O–H groups in total. The second-order valence-electron chi connectivity index (χ2n) is 6.88. The molecule has 6 nitrogen and oxygen atoms in total. The zero-order valence-electron chi connectivity index (χ0n) is 16.1. The number of carbonyl (C=O) groups excluding carboxylic acids is 1. The van der Waals surface area contributed by atoms with Crippen molar-refractivity contribution < 1.29 is 22.3 Å². The molecule has 0 aliphatic carbocycles. The van der Waals surface area contributed by atoms with Gasteiger partial charge in [0.05, 0.1) is 9.92 Å². The van der Waals surface area contributed by atoms with E-state index < -0.39 is 21.9 Å². The fraction of sp³-hybridized carbons (Fsp3) is 0.350. The largest absolute Gasteiger partial charge is 0.479 e. The average Bonchev–Trinajstić information content (AvgIpc) is 2.70. The van der Waals surface area contributed by atoms with E-state index in [4.69, 9.17) is 16.3 Å². The molecule has 2 aromatic rings. The van der Waals surface area contributed by atoms with Crippen LogP contribution in [0.25, 0.3) is 0 Å². The van der Waals surface area contributed by atoms with Gasteiger partial charge in [0.15, 0.2) is 6.10 Å². The smallest absolute Gasteiger partial charge is 0.263 e. The van der Waals surface area contributed by atoms with Crippen molar-refractivity contribution in [2.75, 3.05) is 26.2 Å². The molecule has 1 aliphatic heterocycles. The lowest BCUT2D eigenvalue weighted by Gasteiger charge is -2.35. The van der Waals surface area contributed by atoms with Gasteiger partial charge in [-0.3, -0.25) is 4.79 Å². The molecule has 1 amide bonds. The predicted molar refractivity (Wildman–Crippen MR) is 108 cm³/mol. The van der Waals surface area contributed by atoms with Gasteiger partial charge in [0, 0.05) is 26.2 Å². The summed E-state index contributed by atoms with van der Waals surface area (Å²) in [6.45, 7) is 4.24. The Hall–Kier alpha value is -2.16. The second-order valence-corrected chi connectivity index (χ2v) is 9.23. The third-order valence-electron chi connectivity index (χ3n) is 4.72. The maximum atomic E-state index is 13.4. The predicted octanol–water partition coefficient (Wildman–Crippen LogP) is 3.09. The minimum Gasteiger partial charge on any atom is -0.479 e. The van der Waals surface area contributed by atoms with Crippen LogP contribution in [0.5, 0.6) is 5.75 Å². The van der Waals surface area contributed by atoms with E-state index in [0.717, 1.165) is 11.6 Å². The third-order valence-corrected chi connectivity index (χ3v) is 6.93. The Labute approximate surface area is 174 Å². The van der Waals surface area contributed by atoms with Gasteiger partial charge in [-0.15, -0.1) is 0 Å². The van der Waals surface area contributed by atoms with E-state index in [1.54, 1.807) is 24.0 Å². The molecule has 1 saturated heterocycles. The van der Waals surface area contributed by atoms with Gasteiger partial charge in [-0.1, -0.05) is 23.7 Å². The number of benzene rings is 2. The van der Waals surface area contributed by atoms with E-state index in [9.17, 15) is 17.6 Å². The summed E-state index contributed by atoms with van der Waals surface area (Å²) in [5.74, 6) is -0.425. The van der Waals surface area contributed by atoms with Gasteiger partial charge in [-0.2, -0.15) is 4.31 Å². The van der Waals surface area contributed by atoms with Crippen molar-refractivity contribution in [2.45, 2.75) is 24.8 Å². The summed E-state index contributed by atoms with van der Waals surface area (Å²) >= 11 is 6.12. The zero-order valence-corrected chi connectivity index (χ0v) is 17.7. The molecule has 1 heterocycles. The number of nitrogens with zero attached hydrogens (tertiary/aromatic N) is 2. The van der Waals surface area contributed by atoms with Crippen molar-refractivity contribution in [1.82, 2.24) is 9.21 Å². The van der Waals surface area contributed by atoms with Crippen LogP contribution in [0.15, 0.2) is 47.4 Å². The van der Waals surface area contributed by atoms with E-state index in [2.05, 4.69) is 0 Å². The maximum absolute atomic E-state index is 13.4. The Morgan fingerprint density at radius 3 is 2.48 bits per heavy atom. The number of amides is 1. The van der Waals surface area contributed by atoms with E-state index >= 15 is 0 Å². The number of halogens is 2. The SMILES string of the molecule is Cc1ccc(Cl)c(OC(C)C(=O)N2CCN(S(=O)(=O)c3cccc(F)c3)CC2)c1. The lowest BCUT2D eigenvalue weighted by Crippen LogP contribution is -2.53. The minimum atomic E-state index is -3.81. The fourth-order valence-electron chi connectivity index (χ4n) is 3.12. The molecular weight excluding hydrogens is 419 g/mol. The lowest BCUT2D eigenvalue weighted by molar-refractivity contribution is -0.139. The third kappa shape index (κ3) is 4.88. The summed E-state index contributed by atoms with van der Waals surface area (Å²) in [4.78, 5) is 14.2. The first-order valence-corrected chi connectivity index (χ1v) is 11.0. The minimum absolute atomic E-state index is 0.0944. The number of carbonyl (C=O) groups is 1. The number of rotatable bonds is 5. The molecule has 29 heavy (non-hydrogen) atoms. The van der Waals surface area contributed by atoms with E-state index in [1.807, 2.05) is 13.0 Å². The van der Waals surface area contributed by atoms with Gasteiger partial charge < -0.3 is 9.64 Å². The normalized spacial score (nSPS) is 16.5. The highest BCUT2D eigenvalue weighted by Gasteiger charge is 2.32. The van der Waals surface area contributed by atoms with Crippen LogP contribution in [0, 0.1) is 12.7 Å². The lowest BCUT2D eigenvalue weighted by atomic mass is 10.2. The monoisotopic (exact) mass is 440 g/mol. The summed E-state index contributed by atoms with van der Waals surface area (Å²) in [7, 11) is -3.81. The zero-order chi connectivity index (χ0) is 21.2. The Balaban J connectivity index is 1.62. The highest BCUT2D eigenvalue weighted by Crippen LogP contribution is 2.27. The van der Waals surface area contributed by atoms with Crippen LogP contribution in [-0.2, 0) is 14.8 Å². The van der Waals surface area contributed by atoms with Crippen LogP contribution in [0.4, 0.5) is 4.39 Å². The molecule has 156 valence electrons. The van der Waals surface area contributed by atoms with Crippen LogP contribution >= 0.6 is 11.6 Å². The summed E-state index contributed by atoms with van der Waals surface area (Å²) in [6, 6.07) is 10.2. The molecule has 0 bridgehead atoms. The number of piperazine rings is 1. The Bertz CT molecular complexity index is 1010. The summed E-state index contributed by atoms with van der Waals surface area (Å²) in [5.41, 5.74) is 0.959. The van der Waals surface area contributed by atoms with Crippen LogP contribution in [0.1, 0.15) is 12.5 Å². The first kappa shape index (κ1) is 21.5. The standard InChI is InChI=1S/C20H22ClFN2O4S/c1-14-6-7-18(21)19(12-14)28-15(2)20(25)23-8-10-24(11-9-23)29(26,27)17-5-3-4-16(22)13-17/h3-7,12-13,15H,8-11H2,1-2H3. The Kier molecular flexibility index (Phi) is 6.45.